The molecule has 4 nitrogen and oxygen atoms in total. The van der Waals surface area contributed by atoms with Crippen molar-refractivity contribution in [3.8, 4) is 11.4 Å². The zero-order chi connectivity index (χ0) is 13.9. The molecule has 1 aliphatic heterocycles. The maximum Gasteiger partial charge on any atom is 0.142 e. The number of rotatable bonds is 3. The maximum atomic E-state index is 6.13. The van der Waals surface area contributed by atoms with Gasteiger partial charge < -0.3 is 10.1 Å². The molecule has 1 atom stereocenters. The van der Waals surface area contributed by atoms with Crippen molar-refractivity contribution in [2.75, 3.05) is 20.2 Å². The first-order valence-corrected chi connectivity index (χ1v) is 7.24. The van der Waals surface area contributed by atoms with Crippen molar-refractivity contribution in [3.05, 3.63) is 41.4 Å². The number of nitrogens with one attached hydrogen (secondary N) is 1. The van der Waals surface area contributed by atoms with Crippen LogP contribution in [0.2, 0.25) is 5.02 Å². The molecule has 1 fully saturated rings. The minimum atomic E-state index is 0.481. The smallest absolute Gasteiger partial charge is 0.142 e. The van der Waals surface area contributed by atoms with Crippen LogP contribution in [0.25, 0.3) is 5.69 Å². The molecule has 20 heavy (non-hydrogen) atoms. The summed E-state index contributed by atoms with van der Waals surface area (Å²) in [6.45, 7) is 2.10. The molecule has 0 saturated carbocycles. The van der Waals surface area contributed by atoms with Gasteiger partial charge in [-0.25, -0.2) is 4.98 Å². The lowest BCUT2D eigenvalue weighted by Gasteiger charge is -2.24. The molecular weight excluding hydrogens is 274 g/mol. The standard InChI is InChI=1S/C15H18ClN3O/c1-20-15-5-4-12(16)7-13(15)19-10-18-9-14(19)11-3-2-6-17-8-11/h4-5,7,9-11,17H,2-3,6,8H2,1H3. The van der Waals surface area contributed by atoms with E-state index in [1.165, 1.54) is 18.5 Å². The molecule has 0 radical (unpaired) electrons. The summed E-state index contributed by atoms with van der Waals surface area (Å²) in [7, 11) is 1.67. The van der Waals surface area contributed by atoms with Gasteiger partial charge in [0.2, 0.25) is 0 Å². The third-order valence-corrected chi connectivity index (χ3v) is 4.02. The Bertz CT molecular complexity index is 591. The topological polar surface area (TPSA) is 39.1 Å². The second-order valence-corrected chi connectivity index (χ2v) is 5.48. The van der Waals surface area contributed by atoms with Crippen molar-refractivity contribution >= 4 is 11.6 Å². The van der Waals surface area contributed by atoms with E-state index in [0.717, 1.165) is 24.5 Å². The zero-order valence-corrected chi connectivity index (χ0v) is 12.2. The number of piperidine rings is 1. The van der Waals surface area contributed by atoms with E-state index in [0.29, 0.717) is 10.9 Å². The summed E-state index contributed by atoms with van der Waals surface area (Å²) >= 11 is 6.13. The molecule has 3 rings (SSSR count). The molecule has 106 valence electrons. The molecule has 1 saturated heterocycles. The fourth-order valence-corrected chi connectivity index (χ4v) is 2.93. The second kappa shape index (κ2) is 5.85. The molecule has 2 aromatic rings. The molecule has 0 aliphatic carbocycles. The minimum absolute atomic E-state index is 0.481. The monoisotopic (exact) mass is 291 g/mol. The van der Waals surface area contributed by atoms with Crippen LogP contribution < -0.4 is 10.1 Å². The van der Waals surface area contributed by atoms with Gasteiger partial charge in [-0.1, -0.05) is 11.6 Å². The molecule has 0 amide bonds. The van der Waals surface area contributed by atoms with Crippen LogP contribution in [-0.2, 0) is 0 Å². The van der Waals surface area contributed by atoms with E-state index in [4.69, 9.17) is 16.3 Å². The van der Waals surface area contributed by atoms with Crippen molar-refractivity contribution in [3.63, 3.8) is 0 Å². The SMILES string of the molecule is COc1ccc(Cl)cc1-n1cncc1C1CCCNC1. The number of nitrogens with zero attached hydrogens (tertiary/aromatic N) is 2. The Morgan fingerprint density at radius 2 is 2.35 bits per heavy atom. The molecule has 0 spiro atoms. The Labute approximate surface area is 123 Å². The van der Waals surface area contributed by atoms with Gasteiger partial charge in [0.25, 0.3) is 0 Å². The lowest BCUT2D eigenvalue weighted by molar-refractivity contribution is 0.410. The van der Waals surface area contributed by atoms with E-state index in [2.05, 4.69) is 14.9 Å². The number of methoxy groups -OCH3 is 1. The predicted molar refractivity (Wildman–Crippen MR) is 80.0 cm³/mol. The average molecular weight is 292 g/mol. The molecule has 1 aliphatic rings. The number of aromatic nitrogens is 2. The third-order valence-electron chi connectivity index (χ3n) is 3.78. The van der Waals surface area contributed by atoms with E-state index in [1.807, 2.05) is 30.7 Å². The summed E-state index contributed by atoms with van der Waals surface area (Å²) in [5, 5.41) is 4.14. The predicted octanol–water partition coefficient (Wildman–Crippen LogP) is 3.00. The Hall–Kier alpha value is -1.52. The van der Waals surface area contributed by atoms with Gasteiger partial charge in [0.1, 0.15) is 5.75 Å². The first-order chi connectivity index (χ1) is 9.79. The fraction of sp³-hybridized carbons (Fsp3) is 0.400. The molecule has 1 aromatic heterocycles. The molecule has 0 bridgehead atoms. The van der Waals surface area contributed by atoms with Crippen LogP contribution in [0.3, 0.4) is 0 Å². The van der Waals surface area contributed by atoms with Crippen LogP contribution in [0.4, 0.5) is 0 Å². The van der Waals surface area contributed by atoms with Gasteiger partial charge in [0.15, 0.2) is 0 Å². The van der Waals surface area contributed by atoms with Crippen LogP contribution in [-0.4, -0.2) is 29.8 Å². The highest BCUT2D eigenvalue weighted by molar-refractivity contribution is 6.30. The summed E-state index contributed by atoms with van der Waals surface area (Å²) in [4.78, 5) is 4.32. The van der Waals surface area contributed by atoms with Crippen molar-refractivity contribution < 1.29 is 4.74 Å². The van der Waals surface area contributed by atoms with Gasteiger partial charge in [-0.3, -0.25) is 4.57 Å². The Morgan fingerprint density at radius 1 is 1.45 bits per heavy atom. The Balaban J connectivity index is 2.02. The fourth-order valence-electron chi connectivity index (χ4n) is 2.76. The van der Waals surface area contributed by atoms with E-state index in [-0.39, 0.29) is 0 Å². The van der Waals surface area contributed by atoms with Gasteiger partial charge in [-0.2, -0.15) is 0 Å². The summed E-state index contributed by atoms with van der Waals surface area (Å²) in [6.07, 6.45) is 6.15. The van der Waals surface area contributed by atoms with Gasteiger partial charge in [-0.05, 0) is 37.6 Å². The number of halogens is 1. The van der Waals surface area contributed by atoms with Crippen LogP contribution in [0, 0.1) is 0 Å². The molecule has 5 heteroatoms. The zero-order valence-electron chi connectivity index (χ0n) is 11.5. The van der Waals surface area contributed by atoms with Crippen molar-refractivity contribution in [2.24, 2.45) is 0 Å². The number of ether oxygens (including phenoxy) is 1. The highest BCUT2D eigenvalue weighted by atomic mass is 35.5. The lowest BCUT2D eigenvalue weighted by atomic mass is 9.96. The van der Waals surface area contributed by atoms with Crippen molar-refractivity contribution in [1.29, 1.82) is 0 Å². The lowest BCUT2D eigenvalue weighted by Crippen LogP contribution is -2.29. The largest absolute Gasteiger partial charge is 0.495 e. The number of benzene rings is 1. The van der Waals surface area contributed by atoms with Crippen LogP contribution in [0.5, 0.6) is 5.75 Å². The van der Waals surface area contributed by atoms with E-state index in [9.17, 15) is 0 Å². The molecule has 1 unspecified atom stereocenters. The third kappa shape index (κ3) is 2.53. The highest BCUT2D eigenvalue weighted by Gasteiger charge is 2.20. The van der Waals surface area contributed by atoms with Gasteiger partial charge in [0.05, 0.1) is 19.1 Å². The number of imidazole rings is 1. The van der Waals surface area contributed by atoms with Crippen molar-refractivity contribution in [1.82, 2.24) is 14.9 Å². The molecular formula is C15H18ClN3O. The molecule has 2 heterocycles. The minimum Gasteiger partial charge on any atom is -0.495 e. The second-order valence-electron chi connectivity index (χ2n) is 5.05. The molecule has 1 N–H and O–H groups in total. The Kier molecular flexibility index (Phi) is 3.94. The normalized spacial score (nSPS) is 19.0. The summed E-state index contributed by atoms with van der Waals surface area (Å²) < 4.78 is 7.53. The van der Waals surface area contributed by atoms with Gasteiger partial charge in [-0.15, -0.1) is 0 Å². The first-order valence-electron chi connectivity index (χ1n) is 6.86. The maximum absolute atomic E-state index is 6.13. The van der Waals surface area contributed by atoms with Crippen LogP contribution in [0.1, 0.15) is 24.5 Å². The first kappa shape index (κ1) is 13.5. The molecule has 1 aromatic carbocycles. The van der Waals surface area contributed by atoms with E-state index < -0.39 is 0 Å². The summed E-state index contributed by atoms with van der Waals surface area (Å²) in [5.41, 5.74) is 2.15. The van der Waals surface area contributed by atoms with Crippen molar-refractivity contribution in [2.45, 2.75) is 18.8 Å². The van der Waals surface area contributed by atoms with Crippen LogP contribution >= 0.6 is 11.6 Å². The average Bonchev–Trinajstić information content (AvgIpc) is 2.97. The van der Waals surface area contributed by atoms with E-state index >= 15 is 0 Å². The Morgan fingerprint density at radius 3 is 3.10 bits per heavy atom. The van der Waals surface area contributed by atoms with Gasteiger partial charge in [0, 0.05) is 29.4 Å². The number of hydrogen-bond acceptors (Lipinski definition) is 3. The highest BCUT2D eigenvalue weighted by Crippen LogP contribution is 2.31. The number of hydrogen-bond donors (Lipinski definition) is 1. The quantitative estimate of drug-likeness (QED) is 0.945. The van der Waals surface area contributed by atoms with Gasteiger partial charge >= 0.3 is 0 Å². The van der Waals surface area contributed by atoms with Crippen LogP contribution in [0.15, 0.2) is 30.7 Å². The summed E-state index contributed by atoms with van der Waals surface area (Å²) in [6, 6.07) is 5.64. The van der Waals surface area contributed by atoms with E-state index in [1.54, 1.807) is 7.11 Å². The summed E-state index contributed by atoms with van der Waals surface area (Å²) in [5.74, 6) is 1.28.